The van der Waals surface area contributed by atoms with E-state index in [-0.39, 0.29) is 6.03 Å². The lowest BCUT2D eigenvalue weighted by Gasteiger charge is -2.33. The third-order valence-corrected chi connectivity index (χ3v) is 4.40. The van der Waals surface area contributed by atoms with Gasteiger partial charge in [-0.05, 0) is 38.8 Å². The van der Waals surface area contributed by atoms with E-state index in [4.69, 9.17) is 4.74 Å². The molecule has 5 nitrogen and oxygen atoms in total. The zero-order chi connectivity index (χ0) is 16.7. The molecule has 1 aliphatic rings. The number of urea groups is 1. The van der Waals surface area contributed by atoms with E-state index in [9.17, 15) is 4.79 Å². The predicted molar refractivity (Wildman–Crippen MR) is 95.2 cm³/mol. The molecule has 1 N–H and O–H groups in total. The van der Waals surface area contributed by atoms with Crippen LogP contribution in [0.5, 0.6) is 0 Å². The molecule has 2 amide bonds. The minimum absolute atomic E-state index is 0.0110. The highest BCUT2D eigenvalue weighted by Crippen LogP contribution is 2.25. The maximum absolute atomic E-state index is 12.6. The van der Waals surface area contributed by atoms with Gasteiger partial charge in [0, 0.05) is 39.2 Å². The van der Waals surface area contributed by atoms with Crippen molar-refractivity contribution in [3.05, 3.63) is 24.3 Å². The molecule has 1 aromatic carbocycles. The highest BCUT2D eigenvalue weighted by molar-refractivity contribution is 5.93. The number of piperidine rings is 1. The first kappa shape index (κ1) is 17.6. The number of hydrogen-bond acceptors (Lipinski definition) is 3. The van der Waals surface area contributed by atoms with Crippen molar-refractivity contribution < 1.29 is 9.53 Å². The molecule has 1 saturated heterocycles. The molecule has 0 aliphatic carbocycles. The van der Waals surface area contributed by atoms with Crippen LogP contribution in [-0.4, -0.2) is 50.8 Å². The number of carbonyl (C=O) groups excluding carboxylic acids is 1. The van der Waals surface area contributed by atoms with Gasteiger partial charge in [0.15, 0.2) is 0 Å². The molecule has 0 saturated carbocycles. The standard InChI is InChI=1S/C18H29N3O2/c1-4-20(3)17-11-7-6-10-16(17)19-18(22)21-12-8-9-15(13-21)14-23-5-2/h6-7,10-11,15H,4-5,8-9,12-14H2,1-3H3,(H,19,22). The molecule has 0 radical (unpaired) electrons. The Kier molecular flexibility index (Phi) is 6.71. The van der Waals surface area contributed by atoms with Crippen LogP contribution in [0.25, 0.3) is 0 Å². The Balaban J connectivity index is 1.99. The second-order valence-electron chi connectivity index (χ2n) is 6.08. The third-order valence-electron chi connectivity index (χ3n) is 4.40. The summed E-state index contributed by atoms with van der Waals surface area (Å²) < 4.78 is 5.52. The predicted octanol–water partition coefficient (Wildman–Crippen LogP) is 3.42. The zero-order valence-electron chi connectivity index (χ0n) is 14.5. The number of nitrogens with zero attached hydrogens (tertiary/aromatic N) is 2. The fraction of sp³-hybridized carbons (Fsp3) is 0.611. The summed E-state index contributed by atoms with van der Waals surface area (Å²) in [4.78, 5) is 16.6. The van der Waals surface area contributed by atoms with Crippen molar-refractivity contribution in [2.45, 2.75) is 26.7 Å². The maximum Gasteiger partial charge on any atom is 0.321 e. The van der Waals surface area contributed by atoms with Gasteiger partial charge in [-0.3, -0.25) is 0 Å². The van der Waals surface area contributed by atoms with Crippen LogP contribution in [-0.2, 0) is 4.74 Å². The van der Waals surface area contributed by atoms with Crippen molar-refractivity contribution in [3.8, 4) is 0 Å². The molecule has 1 heterocycles. The van der Waals surface area contributed by atoms with Crippen molar-refractivity contribution in [2.24, 2.45) is 5.92 Å². The molecule has 1 fully saturated rings. The Morgan fingerprint density at radius 1 is 1.39 bits per heavy atom. The van der Waals surface area contributed by atoms with Crippen LogP contribution < -0.4 is 10.2 Å². The van der Waals surface area contributed by atoms with E-state index in [1.807, 2.05) is 43.1 Å². The molecule has 1 atom stereocenters. The van der Waals surface area contributed by atoms with E-state index in [2.05, 4.69) is 17.1 Å². The molecule has 5 heteroatoms. The lowest BCUT2D eigenvalue weighted by molar-refractivity contribution is 0.0777. The summed E-state index contributed by atoms with van der Waals surface area (Å²) in [6, 6.07) is 7.93. The van der Waals surface area contributed by atoms with Crippen molar-refractivity contribution in [1.82, 2.24) is 4.90 Å². The highest BCUT2D eigenvalue weighted by atomic mass is 16.5. The molecule has 128 valence electrons. The summed E-state index contributed by atoms with van der Waals surface area (Å²) in [7, 11) is 2.03. The lowest BCUT2D eigenvalue weighted by atomic mass is 9.99. The fourth-order valence-corrected chi connectivity index (χ4v) is 2.95. The van der Waals surface area contributed by atoms with Gasteiger partial charge in [0.1, 0.15) is 0 Å². The van der Waals surface area contributed by atoms with E-state index in [1.54, 1.807) is 0 Å². The van der Waals surface area contributed by atoms with Crippen LogP contribution in [0.3, 0.4) is 0 Å². The largest absolute Gasteiger partial charge is 0.381 e. The van der Waals surface area contributed by atoms with Gasteiger partial charge in [-0.2, -0.15) is 0 Å². The van der Waals surface area contributed by atoms with Gasteiger partial charge in [0.25, 0.3) is 0 Å². The minimum Gasteiger partial charge on any atom is -0.381 e. The summed E-state index contributed by atoms with van der Waals surface area (Å²) in [6.07, 6.45) is 2.18. The molecule has 0 spiro atoms. The first-order valence-electron chi connectivity index (χ1n) is 8.59. The second kappa shape index (κ2) is 8.77. The number of para-hydroxylation sites is 2. The van der Waals surface area contributed by atoms with Crippen LogP contribution >= 0.6 is 0 Å². The summed E-state index contributed by atoms with van der Waals surface area (Å²) >= 11 is 0. The molecule has 1 aliphatic heterocycles. The van der Waals surface area contributed by atoms with Crippen molar-refractivity contribution in [3.63, 3.8) is 0 Å². The van der Waals surface area contributed by atoms with E-state index >= 15 is 0 Å². The van der Waals surface area contributed by atoms with E-state index in [0.717, 1.165) is 57.1 Å². The van der Waals surface area contributed by atoms with Gasteiger partial charge in [-0.25, -0.2) is 4.79 Å². The first-order chi connectivity index (χ1) is 11.2. The van der Waals surface area contributed by atoms with Crippen LogP contribution in [0.15, 0.2) is 24.3 Å². The summed E-state index contributed by atoms with van der Waals surface area (Å²) in [6.45, 7) is 8.08. The Hall–Kier alpha value is -1.75. The molecule has 1 aromatic rings. The number of likely N-dealkylation sites (tertiary alicyclic amines) is 1. The molecule has 2 rings (SSSR count). The van der Waals surface area contributed by atoms with E-state index in [1.165, 1.54) is 0 Å². The van der Waals surface area contributed by atoms with Gasteiger partial charge in [-0.15, -0.1) is 0 Å². The number of carbonyl (C=O) groups is 1. The average molecular weight is 319 g/mol. The van der Waals surface area contributed by atoms with Crippen LogP contribution in [0.4, 0.5) is 16.2 Å². The fourth-order valence-electron chi connectivity index (χ4n) is 2.95. The van der Waals surface area contributed by atoms with Crippen LogP contribution in [0, 0.1) is 5.92 Å². The van der Waals surface area contributed by atoms with E-state index in [0.29, 0.717) is 5.92 Å². The normalized spacial score (nSPS) is 17.9. The Morgan fingerprint density at radius 3 is 2.91 bits per heavy atom. The second-order valence-corrected chi connectivity index (χ2v) is 6.08. The number of benzene rings is 1. The van der Waals surface area contributed by atoms with Gasteiger partial charge in [-0.1, -0.05) is 12.1 Å². The SMILES string of the molecule is CCOCC1CCCN(C(=O)Nc2ccccc2N(C)CC)C1. The number of anilines is 2. The molecular formula is C18H29N3O2. The molecule has 1 unspecified atom stereocenters. The summed E-state index contributed by atoms with van der Waals surface area (Å²) in [5.74, 6) is 0.447. The number of rotatable bonds is 6. The summed E-state index contributed by atoms with van der Waals surface area (Å²) in [5.41, 5.74) is 1.92. The average Bonchev–Trinajstić information content (AvgIpc) is 2.60. The molecule has 0 aromatic heterocycles. The smallest absolute Gasteiger partial charge is 0.321 e. The first-order valence-corrected chi connectivity index (χ1v) is 8.59. The summed E-state index contributed by atoms with van der Waals surface area (Å²) in [5, 5.41) is 3.08. The van der Waals surface area contributed by atoms with Gasteiger partial charge >= 0.3 is 6.03 Å². The Morgan fingerprint density at radius 2 is 2.17 bits per heavy atom. The Labute approximate surface area is 139 Å². The number of ether oxygens (including phenoxy) is 1. The van der Waals surface area contributed by atoms with Gasteiger partial charge < -0.3 is 19.9 Å². The van der Waals surface area contributed by atoms with Gasteiger partial charge in [0.2, 0.25) is 0 Å². The lowest BCUT2D eigenvalue weighted by Crippen LogP contribution is -2.43. The van der Waals surface area contributed by atoms with Crippen molar-refractivity contribution in [1.29, 1.82) is 0 Å². The van der Waals surface area contributed by atoms with E-state index < -0.39 is 0 Å². The minimum atomic E-state index is -0.0110. The molecule has 23 heavy (non-hydrogen) atoms. The number of amides is 2. The van der Waals surface area contributed by atoms with Crippen molar-refractivity contribution >= 4 is 17.4 Å². The van der Waals surface area contributed by atoms with Gasteiger partial charge in [0.05, 0.1) is 18.0 Å². The Bertz CT molecular complexity index is 507. The molecular weight excluding hydrogens is 290 g/mol. The van der Waals surface area contributed by atoms with Crippen LogP contribution in [0.1, 0.15) is 26.7 Å². The topological polar surface area (TPSA) is 44.8 Å². The quantitative estimate of drug-likeness (QED) is 0.874. The monoisotopic (exact) mass is 319 g/mol. The van der Waals surface area contributed by atoms with Crippen LogP contribution in [0.2, 0.25) is 0 Å². The molecule has 0 bridgehead atoms. The van der Waals surface area contributed by atoms with Crippen molar-refractivity contribution in [2.75, 3.05) is 50.1 Å². The number of hydrogen-bond donors (Lipinski definition) is 1. The number of nitrogens with one attached hydrogen (secondary N) is 1. The third kappa shape index (κ3) is 4.86. The zero-order valence-corrected chi connectivity index (χ0v) is 14.5. The maximum atomic E-state index is 12.6. The highest BCUT2D eigenvalue weighted by Gasteiger charge is 2.24.